The van der Waals surface area contributed by atoms with Gasteiger partial charge in [-0.2, -0.15) is 0 Å². The number of hydrogen-bond donors (Lipinski definition) is 5. The lowest BCUT2D eigenvalue weighted by molar-refractivity contribution is -0.260. The minimum absolute atomic E-state index is 0.391. The van der Waals surface area contributed by atoms with Gasteiger partial charge in [-0.05, 0) is 12.8 Å². The van der Waals surface area contributed by atoms with Crippen molar-refractivity contribution in [3.05, 3.63) is 0 Å². The summed E-state index contributed by atoms with van der Waals surface area (Å²) in [6.45, 7) is 0. The molecule has 0 aromatic heterocycles. The minimum Gasteiger partial charge on any atom is -0.390 e. The van der Waals surface area contributed by atoms with Gasteiger partial charge in [0.2, 0.25) is 0 Å². The lowest BCUT2D eigenvalue weighted by atomic mass is 9.88. The second kappa shape index (κ2) is 5.98. The molecule has 19 heavy (non-hydrogen) atoms. The lowest BCUT2D eigenvalue weighted by Crippen LogP contribution is -2.55. The van der Waals surface area contributed by atoms with Gasteiger partial charge in [0.25, 0.3) is 0 Å². The van der Waals surface area contributed by atoms with Crippen molar-refractivity contribution in [2.24, 2.45) is 5.73 Å². The molecule has 0 amide bonds. The molecule has 1 saturated carbocycles. The van der Waals surface area contributed by atoms with Crippen LogP contribution in [0.5, 0.6) is 0 Å². The van der Waals surface area contributed by atoms with Gasteiger partial charge in [-0.3, -0.25) is 0 Å². The van der Waals surface area contributed by atoms with Gasteiger partial charge in [-0.25, -0.2) is 0 Å². The van der Waals surface area contributed by atoms with Crippen LogP contribution in [0.25, 0.3) is 0 Å². The average Bonchev–Trinajstić information content (AvgIpc) is 2.66. The Kier molecular flexibility index (Phi) is 4.75. The highest BCUT2D eigenvalue weighted by atomic mass is 16.8. The zero-order valence-electron chi connectivity index (χ0n) is 10.6. The predicted molar refractivity (Wildman–Crippen MR) is 61.8 cm³/mol. The first-order chi connectivity index (χ1) is 8.95. The Morgan fingerprint density at radius 2 is 1.63 bits per heavy atom. The SMILES string of the molecule is COC1OC(OC2C(O)CCC(N)C2O)C(O)C1O. The van der Waals surface area contributed by atoms with E-state index < -0.39 is 49.1 Å². The van der Waals surface area contributed by atoms with Gasteiger partial charge in [0.05, 0.1) is 12.2 Å². The highest BCUT2D eigenvalue weighted by molar-refractivity contribution is 4.92. The molecular weight excluding hydrogens is 258 g/mol. The Hall–Kier alpha value is -0.320. The Bertz CT molecular complexity index is 305. The first kappa shape index (κ1) is 15.1. The molecule has 6 N–H and O–H groups in total. The Morgan fingerprint density at radius 1 is 1.00 bits per heavy atom. The number of rotatable bonds is 3. The number of hydrogen-bond acceptors (Lipinski definition) is 8. The Labute approximate surface area is 110 Å². The van der Waals surface area contributed by atoms with Crippen LogP contribution in [0.1, 0.15) is 12.8 Å². The van der Waals surface area contributed by atoms with Crippen LogP contribution >= 0.6 is 0 Å². The predicted octanol–water partition coefficient (Wildman–Crippen LogP) is -2.73. The van der Waals surface area contributed by atoms with Gasteiger partial charge >= 0.3 is 0 Å². The quantitative estimate of drug-likeness (QED) is 0.376. The smallest absolute Gasteiger partial charge is 0.189 e. The minimum atomic E-state index is -1.32. The summed E-state index contributed by atoms with van der Waals surface area (Å²) in [6, 6.07) is -0.505. The van der Waals surface area contributed by atoms with E-state index in [9.17, 15) is 20.4 Å². The van der Waals surface area contributed by atoms with Crippen LogP contribution in [0.15, 0.2) is 0 Å². The van der Waals surface area contributed by atoms with Crippen LogP contribution in [0.4, 0.5) is 0 Å². The highest BCUT2D eigenvalue weighted by Gasteiger charge is 2.47. The van der Waals surface area contributed by atoms with Gasteiger partial charge in [-0.15, -0.1) is 0 Å². The molecule has 0 spiro atoms. The summed E-state index contributed by atoms with van der Waals surface area (Å²) in [5.41, 5.74) is 5.70. The van der Waals surface area contributed by atoms with E-state index in [0.717, 1.165) is 0 Å². The van der Waals surface area contributed by atoms with E-state index in [-0.39, 0.29) is 0 Å². The van der Waals surface area contributed by atoms with Crippen LogP contribution in [-0.2, 0) is 14.2 Å². The van der Waals surface area contributed by atoms with Crippen molar-refractivity contribution in [3.63, 3.8) is 0 Å². The van der Waals surface area contributed by atoms with E-state index in [1.54, 1.807) is 0 Å². The van der Waals surface area contributed by atoms with Crippen molar-refractivity contribution in [1.82, 2.24) is 0 Å². The number of nitrogens with two attached hydrogens (primary N) is 1. The van der Waals surface area contributed by atoms with Gasteiger partial charge in [-0.1, -0.05) is 0 Å². The topological polar surface area (TPSA) is 135 Å². The molecule has 1 aliphatic carbocycles. The van der Waals surface area contributed by atoms with Gasteiger partial charge < -0.3 is 40.4 Å². The van der Waals surface area contributed by atoms with E-state index >= 15 is 0 Å². The summed E-state index contributed by atoms with van der Waals surface area (Å²) in [5.74, 6) is 0. The fourth-order valence-corrected chi connectivity index (χ4v) is 2.42. The molecule has 8 unspecified atom stereocenters. The van der Waals surface area contributed by atoms with Crippen LogP contribution in [-0.4, -0.2) is 76.7 Å². The molecule has 8 atom stereocenters. The Morgan fingerprint density at radius 3 is 2.21 bits per heavy atom. The molecule has 0 radical (unpaired) electrons. The number of aliphatic hydroxyl groups is 4. The van der Waals surface area contributed by atoms with Crippen LogP contribution < -0.4 is 5.73 Å². The second-order valence-corrected chi connectivity index (χ2v) is 4.99. The maximum absolute atomic E-state index is 9.90. The zero-order valence-corrected chi connectivity index (χ0v) is 10.6. The summed E-state index contributed by atoms with van der Waals surface area (Å²) in [6.07, 6.45) is -6.80. The molecule has 2 fully saturated rings. The van der Waals surface area contributed by atoms with Crippen molar-refractivity contribution in [2.75, 3.05) is 7.11 Å². The van der Waals surface area contributed by atoms with Crippen molar-refractivity contribution < 1.29 is 34.6 Å². The van der Waals surface area contributed by atoms with E-state index in [2.05, 4.69) is 0 Å². The monoisotopic (exact) mass is 279 g/mol. The summed E-state index contributed by atoms with van der Waals surface area (Å²) in [7, 11) is 1.32. The summed E-state index contributed by atoms with van der Waals surface area (Å²) in [5, 5.41) is 39.1. The van der Waals surface area contributed by atoms with E-state index in [4.69, 9.17) is 19.9 Å². The van der Waals surface area contributed by atoms with E-state index in [0.29, 0.717) is 12.8 Å². The third kappa shape index (κ3) is 2.91. The average molecular weight is 279 g/mol. The molecule has 112 valence electrons. The van der Waals surface area contributed by atoms with Gasteiger partial charge in [0.15, 0.2) is 12.6 Å². The molecule has 0 bridgehead atoms. The molecule has 1 saturated heterocycles. The summed E-state index contributed by atoms with van der Waals surface area (Å²) >= 11 is 0. The standard InChI is InChI=1S/C11H21NO7/c1-17-10-7(15)8(16)11(19-10)18-9-5(13)3-2-4(12)6(9)14/h4-11,13-16H,2-3,12H2,1H3. The fourth-order valence-electron chi connectivity index (χ4n) is 2.42. The van der Waals surface area contributed by atoms with E-state index in [1.807, 2.05) is 0 Å². The fraction of sp³-hybridized carbons (Fsp3) is 1.00. The van der Waals surface area contributed by atoms with Crippen molar-refractivity contribution in [1.29, 1.82) is 0 Å². The first-order valence-electron chi connectivity index (χ1n) is 6.27. The number of aliphatic hydroxyl groups excluding tert-OH is 4. The third-order valence-electron chi connectivity index (χ3n) is 3.65. The summed E-state index contributed by atoms with van der Waals surface area (Å²) < 4.78 is 15.4. The molecule has 8 nitrogen and oxygen atoms in total. The van der Waals surface area contributed by atoms with Crippen LogP contribution in [0, 0.1) is 0 Å². The van der Waals surface area contributed by atoms with Crippen LogP contribution in [0.2, 0.25) is 0 Å². The van der Waals surface area contributed by atoms with Gasteiger partial charge in [0, 0.05) is 13.2 Å². The molecule has 2 rings (SSSR count). The van der Waals surface area contributed by atoms with Crippen molar-refractivity contribution in [2.45, 2.75) is 62.0 Å². The maximum Gasteiger partial charge on any atom is 0.189 e. The van der Waals surface area contributed by atoms with E-state index in [1.165, 1.54) is 7.11 Å². The maximum atomic E-state index is 9.90. The van der Waals surface area contributed by atoms with Crippen molar-refractivity contribution >= 4 is 0 Å². The highest BCUT2D eigenvalue weighted by Crippen LogP contribution is 2.28. The molecule has 1 aliphatic heterocycles. The van der Waals surface area contributed by atoms with Crippen molar-refractivity contribution in [3.8, 4) is 0 Å². The molecule has 1 heterocycles. The largest absolute Gasteiger partial charge is 0.390 e. The number of ether oxygens (including phenoxy) is 3. The molecule has 0 aromatic rings. The third-order valence-corrected chi connectivity index (χ3v) is 3.65. The lowest BCUT2D eigenvalue weighted by Gasteiger charge is -2.37. The molecule has 0 aromatic carbocycles. The molecule has 2 aliphatic rings. The Balaban J connectivity index is 2.00. The van der Waals surface area contributed by atoms with Crippen LogP contribution in [0.3, 0.4) is 0 Å². The first-order valence-corrected chi connectivity index (χ1v) is 6.27. The number of methoxy groups -OCH3 is 1. The molecule has 8 heteroatoms. The van der Waals surface area contributed by atoms with Gasteiger partial charge in [0.1, 0.15) is 18.3 Å². The normalized spacial score (nSPS) is 51.5. The zero-order chi connectivity index (χ0) is 14.2. The molecular formula is C11H21NO7. The summed E-state index contributed by atoms with van der Waals surface area (Å²) in [4.78, 5) is 0. The second-order valence-electron chi connectivity index (χ2n) is 4.99.